The zero-order valence-electron chi connectivity index (χ0n) is 9.03. The van der Waals surface area contributed by atoms with Crippen LogP contribution in [0.2, 0.25) is 0 Å². The summed E-state index contributed by atoms with van der Waals surface area (Å²) in [6, 6.07) is 6.14. The molecule has 1 atom stereocenters. The van der Waals surface area contributed by atoms with Crippen LogP contribution in [-0.4, -0.2) is 29.9 Å². The highest BCUT2D eigenvalue weighted by atomic mass is 19.1. The lowest BCUT2D eigenvalue weighted by Gasteiger charge is -2.23. The van der Waals surface area contributed by atoms with Crippen LogP contribution in [0.1, 0.15) is 23.2 Å². The van der Waals surface area contributed by atoms with Crippen LogP contribution in [0.15, 0.2) is 24.3 Å². The molecule has 16 heavy (non-hydrogen) atoms. The van der Waals surface area contributed by atoms with Gasteiger partial charge in [0, 0.05) is 19.1 Å². The number of halogens is 1. The Kier molecular flexibility index (Phi) is 3.19. The van der Waals surface area contributed by atoms with E-state index in [1.54, 1.807) is 17.0 Å². The van der Waals surface area contributed by atoms with Gasteiger partial charge in [-0.15, -0.1) is 0 Å². The van der Waals surface area contributed by atoms with E-state index in [1.165, 1.54) is 12.1 Å². The first kappa shape index (κ1) is 11.1. The molecule has 0 bridgehead atoms. The van der Waals surface area contributed by atoms with Crippen molar-refractivity contribution in [2.24, 2.45) is 5.73 Å². The maximum absolute atomic E-state index is 13.4. The molecule has 3 nitrogen and oxygen atoms in total. The van der Waals surface area contributed by atoms with Crippen LogP contribution in [0.3, 0.4) is 0 Å². The van der Waals surface area contributed by atoms with Gasteiger partial charge in [-0.05, 0) is 25.0 Å². The normalized spacial score (nSPS) is 20.1. The van der Waals surface area contributed by atoms with Crippen LogP contribution in [0.4, 0.5) is 4.39 Å². The maximum atomic E-state index is 13.4. The molecular formula is C12H15FN2O. The van der Waals surface area contributed by atoms with Gasteiger partial charge in [-0.3, -0.25) is 4.79 Å². The van der Waals surface area contributed by atoms with Gasteiger partial charge in [0.2, 0.25) is 0 Å². The number of amides is 1. The molecule has 1 heterocycles. The van der Waals surface area contributed by atoms with Crippen molar-refractivity contribution in [3.05, 3.63) is 35.6 Å². The predicted molar refractivity (Wildman–Crippen MR) is 59.5 cm³/mol. The topological polar surface area (TPSA) is 46.3 Å². The molecule has 4 heteroatoms. The predicted octanol–water partition coefficient (Wildman–Crippen LogP) is 1.39. The van der Waals surface area contributed by atoms with Crippen molar-refractivity contribution < 1.29 is 9.18 Å². The van der Waals surface area contributed by atoms with Crippen molar-refractivity contribution in [3.63, 3.8) is 0 Å². The molecule has 0 spiro atoms. The summed E-state index contributed by atoms with van der Waals surface area (Å²) >= 11 is 0. The Hall–Kier alpha value is -1.42. The van der Waals surface area contributed by atoms with Gasteiger partial charge in [0.1, 0.15) is 5.82 Å². The minimum Gasteiger partial charge on any atom is -0.334 e. The summed E-state index contributed by atoms with van der Waals surface area (Å²) in [5.41, 5.74) is 5.73. The number of nitrogens with two attached hydrogens (primary N) is 1. The van der Waals surface area contributed by atoms with Gasteiger partial charge in [-0.1, -0.05) is 12.1 Å². The van der Waals surface area contributed by atoms with Crippen molar-refractivity contribution in [1.29, 1.82) is 0 Å². The number of carbonyl (C=O) groups excluding carboxylic acids is 1. The van der Waals surface area contributed by atoms with Gasteiger partial charge in [-0.25, -0.2) is 4.39 Å². The molecule has 0 radical (unpaired) electrons. The second-order valence-electron chi connectivity index (χ2n) is 4.01. The first-order valence-electron chi connectivity index (χ1n) is 5.49. The fourth-order valence-corrected chi connectivity index (χ4v) is 2.14. The Balaban J connectivity index is 2.22. The number of rotatable bonds is 2. The van der Waals surface area contributed by atoms with E-state index in [2.05, 4.69) is 0 Å². The van der Waals surface area contributed by atoms with Crippen molar-refractivity contribution in [2.75, 3.05) is 13.1 Å². The summed E-state index contributed by atoms with van der Waals surface area (Å²) in [4.78, 5) is 13.7. The maximum Gasteiger partial charge on any atom is 0.257 e. The number of benzene rings is 1. The van der Waals surface area contributed by atoms with Crippen LogP contribution in [-0.2, 0) is 0 Å². The van der Waals surface area contributed by atoms with Crippen LogP contribution in [0.25, 0.3) is 0 Å². The first-order valence-corrected chi connectivity index (χ1v) is 5.49. The molecule has 86 valence electrons. The second-order valence-corrected chi connectivity index (χ2v) is 4.01. The SMILES string of the molecule is NCC1CCCN1C(=O)c1ccccc1F. The number of carbonyl (C=O) groups is 1. The molecule has 1 aromatic carbocycles. The van der Waals surface area contributed by atoms with Crippen molar-refractivity contribution in [3.8, 4) is 0 Å². The van der Waals surface area contributed by atoms with Crippen LogP contribution in [0.5, 0.6) is 0 Å². The molecule has 0 aromatic heterocycles. The Morgan fingerprint density at radius 3 is 2.94 bits per heavy atom. The van der Waals surface area contributed by atoms with Gasteiger partial charge < -0.3 is 10.6 Å². The van der Waals surface area contributed by atoms with Crippen molar-refractivity contribution in [1.82, 2.24) is 4.90 Å². The lowest BCUT2D eigenvalue weighted by Crippen LogP contribution is -2.40. The molecule has 2 N–H and O–H groups in total. The average molecular weight is 222 g/mol. The molecule has 2 rings (SSSR count). The molecule has 1 fully saturated rings. The third-order valence-electron chi connectivity index (χ3n) is 3.01. The number of nitrogens with zero attached hydrogens (tertiary/aromatic N) is 1. The minimum atomic E-state index is -0.463. The summed E-state index contributed by atoms with van der Waals surface area (Å²) in [5, 5.41) is 0. The molecule has 0 saturated carbocycles. The van der Waals surface area contributed by atoms with Gasteiger partial charge in [0.05, 0.1) is 5.56 Å². The standard InChI is InChI=1S/C12H15FN2O/c13-11-6-2-1-5-10(11)12(16)15-7-3-4-9(15)8-14/h1-2,5-6,9H,3-4,7-8,14H2. The quantitative estimate of drug-likeness (QED) is 0.822. The van der Waals surface area contributed by atoms with Crippen LogP contribution in [0, 0.1) is 5.82 Å². The summed E-state index contributed by atoms with van der Waals surface area (Å²) in [5.74, 6) is -0.707. The molecule has 1 unspecified atom stereocenters. The van der Waals surface area contributed by atoms with E-state index in [4.69, 9.17) is 5.73 Å². The van der Waals surface area contributed by atoms with Gasteiger partial charge in [0.25, 0.3) is 5.91 Å². The Labute approximate surface area is 94.0 Å². The monoisotopic (exact) mass is 222 g/mol. The molecule has 0 aliphatic carbocycles. The zero-order valence-corrected chi connectivity index (χ0v) is 9.03. The zero-order chi connectivity index (χ0) is 11.5. The van der Waals surface area contributed by atoms with Gasteiger partial charge in [0.15, 0.2) is 0 Å². The highest BCUT2D eigenvalue weighted by Crippen LogP contribution is 2.20. The van der Waals surface area contributed by atoms with E-state index in [-0.39, 0.29) is 17.5 Å². The molecule has 1 saturated heterocycles. The van der Waals surface area contributed by atoms with Gasteiger partial charge >= 0.3 is 0 Å². The molecule has 1 aliphatic rings. The summed E-state index contributed by atoms with van der Waals surface area (Å²) in [7, 11) is 0. The van der Waals surface area contributed by atoms with E-state index in [0.29, 0.717) is 13.1 Å². The minimum absolute atomic E-state index is 0.0621. The molecule has 1 amide bonds. The largest absolute Gasteiger partial charge is 0.334 e. The third kappa shape index (κ3) is 1.93. The van der Waals surface area contributed by atoms with Crippen molar-refractivity contribution >= 4 is 5.91 Å². The van der Waals surface area contributed by atoms with E-state index >= 15 is 0 Å². The number of likely N-dealkylation sites (tertiary alicyclic amines) is 1. The Morgan fingerprint density at radius 2 is 2.25 bits per heavy atom. The fourth-order valence-electron chi connectivity index (χ4n) is 2.14. The van der Waals surface area contributed by atoms with E-state index < -0.39 is 5.82 Å². The third-order valence-corrected chi connectivity index (χ3v) is 3.01. The summed E-state index contributed by atoms with van der Waals surface area (Å²) in [6.07, 6.45) is 1.86. The molecule has 1 aliphatic heterocycles. The van der Waals surface area contributed by atoms with E-state index in [9.17, 15) is 9.18 Å². The first-order chi connectivity index (χ1) is 7.74. The van der Waals surface area contributed by atoms with Crippen molar-refractivity contribution in [2.45, 2.75) is 18.9 Å². The summed E-state index contributed by atoms with van der Waals surface area (Å²) < 4.78 is 13.4. The Morgan fingerprint density at radius 1 is 1.50 bits per heavy atom. The number of hydrogen-bond donors (Lipinski definition) is 1. The molecule has 1 aromatic rings. The highest BCUT2D eigenvalue weighted by Gasteiger charge is 2.29. The molecular weight excluding hydrogens is 207 g/mol. The lowest BCUT2D eigenvalue weighted by molar-refractivity contribution is 0.0736. The fraction of sp³-hybridized carbons (Fsp3) is 0.417. The van der Waals surface area contributed by atoms with Crippen LogP contribution < -0.4 is 5.73 Å². The number of hydrogen-bond acceptors (Lipinski definition) is 2. The van der Waals surface area contributed by atoms with Gasteiger partial charge in [-0.2, -0.15) is 0 Å². The van der Waals surface area contributed by atoms with E-state index in [0.717, 1.165) is 12.8 Å². The average Bonchev–Trinajstić information content (AvgIpc) is 2.77. The highest BCUT2D eigenvalue weighted by molar-refractivity contribution is 5.94. The Bertz CT molecular complexity index is 394. The van der Waals surface area contributed by atoms with Crippen LogP contribution >= 0.6 is 0 Å². The smallest absolute Gasteiger partial charge is 0.257 e. The second kappa shape index (κ2) is 4.61. The van der Waals surface area contributed by atoms with E-state index in [1.807, 2.05) is 0 Å². The lowest BCUT2D eigenvalue weighted by atomic mass is 10.1. The summed E-state index contributed by atoms with van der Waals surface area (Å²) in [6.45, 7) is 1.12.